The Balaban J connectivity index is 2.36. The Morgan fingerprint density at radius 3 is 2.67 bits per heavy atom. The quantitative estimate of drug-likeness (QED) is 0.614. The average molecular weight is 255 g/mol. The van der Waals surface area contributed by atoms with Crippen LogP contribution in [-0.4, -0.2) is 34.7 Å². The molecule has 7 nitrogen and oxygen atoms in total. The van der Waals surface area contributed by atoms with Crippen molar-refractivity contribution in [3.8, 4) is 0 Å². The number of aliphatic hydroxyl groups excluding tert-OH is 1. The number of carbonyl (C=O) groups excluding carboxylic acids is 2. The Morgan fingerprint density at radius 2 is 2.17 bits per heavy atom. The van der Waals surface area contributed by atoms with Gasteiger partial charge in [-0.15, -0.1) is 0 Å². The van der Waals surface area contributed by atoms with Gasteiger partial charge in [-0.1, -0.05) is 5.16 Å². The maximum absolute atomic E-state index is 11.5. The van der Waals surface area contributed by atoms with Crippen molar-refractivity contribution in [1.82, 2.24) is 10.5 Å². The maximum atomic E-state index is 11.5. The molecule has 4 N–H and O–H groups in total. The number of aliphatic hydroxyl groups is 1. The van der Waals surface area contributed by atoms with Crippen molar-refractivity contribution in [2.45, 2.75) is 32.8 Å². The summed E-state index contributed by atoms with van der Waals surface area (Å²) in [5.41, 5.74) is 6.52. The van der Waals surface area contributed by atoms with Crippen LogP contribution in [-0.2, 0) is 16.0 Å². The highest BCUT2D eigenvalue weighted by Crippen LogP contribution is 2.13. The number of amides is 2. The Labute approximate surface area is 104 Å². The Morgan fingerprint density at radius 1 is 1.50 bits per heavy atom. The molecule has 1 heterocycles. The van der Waals surface area contributed by atoms with Crippen LogP contribution in [0.25, 0.3) is 0 Å². The van der Waals surface area contributed by atoms with Crippen LogP contribution in [0.5, 0.6) is 0 Å². The monoisotopic (exact) mass is 255 g/mol. The number of aryl methyl sites for hydroxylation is 2. The van der Waals surface area contributed by atoms with Crippen molar-refractivity contribution in [2.24, 2.45) is 5.73 Å². The molecule has 18 heavy (non-hydrogen) atoms. The zero-order chi connectivity index (χ0) is 13.7. The van der Waals surface area contributed by atoms with E-state index in [2.05, 4.69) is 10.5 Å². The molecule has 1 aromatic rings. The van der Waals surface area contributed by atoms with E-state index in [0.29, 0.717) is 12.2 Å². The van der Waals surface area contributed by atoms with Gasteiger partial charge in [0.1, 0.15) is 11.9 Å². The molecule has 0 aliphatic carbocycles. The molecule has 0 saturated carbocycles. The van der Waals surface area contributed by atoms with Gasteiger partial charge in [0.25, 0.3) is 0 Å². The van der Waals surface area contributed by atoms with Gasteiger partial charge in [0.05, 0.1) is 12.2 Å². The number of hydrogen-bond donors (Lipinski definition) is 3. The van der Waals surface area contributed by atoms with Crippen LogP contribution < -0.4 is 11.1 Å². The summed E-state index contributed by atoms with van der Waals surface area (Å²) in [7, 11) is 0. The Kier molecular flexibility index (Phi) is 4.85. The van der Waals surface area contributed by atoms with Gasteiger partial charge in [-0.3, -0.25) is 9.59 Å². The zero-order valence-electron chi connectivity index (χ0n) is 10.4. The van der Waals surface area contributed by atoms with Gasteiger partial charge >= 0.3 is 0 Å². The number of aromatic nitrogens is 1. The van der Waals surface area contributed by atoms with Gasteiger partial charge in [-0.2, -0.15) is 0 Å². The lowest BCUT2D eigenvalue weighted by Crippen LogP contribution is -2.40. The maximum Gasteiger partial charge on any atom is 0.248 e. The zero-order valence-corrected chi connectivity index (χ0v) is 10.4. The predicted octanol–water partition coefficient (Wildman–Crippen LogP) is -0.814. The van der Waals surface area contributed by atoms with E-state index in [-0.39, 0.29) is 18.9 Å². The lowest BCUT2D eigenvalue weighted by Gasteiger charge is -2.08. The minimum Gasteiger partial charge on any atom is -0.381 e. The molecule has 1 atom stereocenters. The molecule has 0 aliphatic heterocycles. The SMILES string of the molecule is Cc1noc(C)c1CCC(=O)NCC(O)C(N)=O. The van der Waals surface area contributed by atoms with Crippen molar-refractivity contribution < 1.29 is 19.2 Å². The summed E-state index contributed by atoms with van der Waals surface area (Å²) in [6.45, 7) is 3.42. The standard InChI is InChI=1S/C11H17N3O4/c1-6-8(7(2)18-14-6)3-4-10(16)13-5-9(15)11(12)17/h9,15H,3-5H2,1-2H3,(H2,12,17)(H,13,16). The summed E-state index contributed by atoms with van der Waals surface area (Å²) in [4.78, 5) is 22.0. The van der Waals surface area contributed by atoms with Crippen molar-refractivity contribution >= 4 is 11.8 Å². The van der Waals surface area contributed by atoms with Gasteiger partial charge in [-0.05, 0) is 20.3 Å². The molecule has 1 unspecified atom stereocenters. The number of rotatable bonds is 6. The molecule has 7 heteroatoms. The van der Waals surface area contributed by atoms with Gasteiger partial charge in [-0.25, -0.2) is 0 Å². The minimum atomic E-state index is -1.35. The van der Waals surface area contributed by atoms with Crippen molar-refractivity contribution in [2.75, 3.05) is 6.54 Å². The molecule has 0 aromatic carbocycles. The lowest BCUT2D eigenvalue weighted by molar-refractivity contribution is -0.127. The van der Waals surface area contributed by atoms with Crippen molar-refractivity contribution in [3.63, 3.8) is 0 Å². The van der Waals surface area contributed by atoms with E-state index in [0.717, 1.165) is 11.3 Å². The molecule has 100 valence electrons. The van der Waals surface area contributed by atoms with E-state index in [9.17, 15) is 9.59 Å². The summed E-state index contributed by atoms with van der Waals surface area (Å²) in [6, 6.07) is 0. The van der Waals surface area contributed by atoms with Crippen LogP contribution in [0.4, 0.5) is 0 Å². The number of hydrogen-bond acceptors (Lipinski definition) is 5. The largest absolute Gasteiger partial charge is 0.381 e. The summed E-state index contributed by atoms with van der Waals surface area (Å²) >= 11 is 0. The molecule has 2 amide bonds. The third kappa shape index (κ3) is 3.85. The van der Waals surface area contributed by atoms with Gasteiger partial charge in [0, 0.05) is 12.0 Å². The first kappa shape index (κ1) is 14.2. The van der Waals surface area contributed by atoms with E-state index in [1.807, 2.05) is 0 Å². The van der Waals surface area contributed by atoms with Crippen LogP contribution in [0.15, 0.2) is 4.52 Å². The molecule has 0 radical (unpaired) electrons. The lowest BCUT2D eigenvalue weighted by atomic mass is 10.1. The highest BCUT2D eigenvalue weighted by Gasteiger charge is 2.14. The first-order valence-corrected chi connectivity index (χ1v) is 5.57. The molecule has 0 spiro atoms. The van der Waals surface area contributed by atoms with Crippen LogP contribution in [0.2, 0.25) is 0 Å². The van der Waals surface area contributed by atoms with Crippen LogP contribution in [0.3, 0.4) is 0 Å². The number of nitrogens with one attached hydrogen (secondary N) is 1. The third-order valence-electron chi connectivity index (χ3n) is 2.60. The highest BCUT2D eigenvalue weighted by atomic mass is 16.5. The Bertz CT molecular complexity index is 422. The summed E-state index contributed by atoms with van der Waals surface area (Å²) in [6.07, 6.45) is -0.623. The molecule has 0 aliphatic rings. The summed E-state index contributed by atoms with van der Waals surface area (Å²) in [5.74, 6) is -0.436. The highest BCUT2D eigenvalue weighted by molar-refractivity contribution is 5.81. The van der Waals surface area contributed by atoms with E-state index in [1.54, 1.807) is 13.8 Å². The molecule has 0 fully saturated rings. The normalized spacial score (nSPS) is 12.2. The molecular formula is C11H17N3O4. The summed E-state index contributed by atoms with van der Waals surface area (Å²) < 4.78 is 4.97. The van der Waals surface area contributed by atoms with Gasteiger partial charge in [0.15, 0.2) is 0 Å². The first-order chi connectivity index (χ1) is 8.41. The second-order valence-corrected chi connectivity index (χ2v) is 4.02. The fourth-order valence-corrected chi connectivity index (χ4v) is 1.50. The fourth-order valence-electron chi connectivity index (χ4n) is 1.50. The van der Waals surface area contributed by atoms with Crippen molar-refractivity contribution in [1.29, 1.82) is 0 Å². The van der Waals surface area contributed by atoms with Crippen molar-refractivity contribution in [3.05, 3.63) is 17.0 Å². The van der Waals surface area contributed by atoms with E-state index in [4.69, 9.17) is 15.4 Å². The summed E-state index contributed by atoms with van der Waals surface area (Å²) in [5, 5.41) is 15.3. The second kappa shape index (κ2) is 6.15. The molecular weight excluding hydrogens is 238 g/mol. The van der Waals surface area contributed by atoms with Crippen LogP contribution >= 0.6 is 0 Å². The predicted molar refractivity (Wildman–Crippen MR) is 62.5 cm³/mol. The second-order valence-electron chi connectivity index (χ2n) is 4.02. The number of primary amides is 1. The smallest absolute Gasteiger partial charge is 0.248 e. The van der Waals surface area contributed by atoms with Gasteiger partial charge < -0.3 is 20.7 Å². The van der Waals surface area contributed by atoms with Crippen LogP contribution in [0.1, 0.15) is 23.4 Å². The van der Waals surface area contributed by atoms with E-state index >= 15 is 0 Å². The first-order valence-electron chi connectivity index (χ1n) is 5.57. The third-order valence-corrected chi connectivity index (χ3v) is 2.60. The number of nitrogens with two attached hydrogens (primary N) is 1. The topological polar surface area (TPSA) is 118 Å². The molecule has 0 saturated heterocycles. The van der Waals surface area contributed by atoms with Gasteiger partial charge in [0.2, 0.25) is 11.8 Å². The molecule has 1 aromatic heterocycles. The van der Waals surface area contributed by atoms with E-state index in [1.165, 1.54) is 0 Å². The fraction of sp³-hybridized carbons (Fsp3) is 0.545. The van der Waals surface area contributed by atoms with Crippen LogP contribution in [0, 0.1) is 13.8 Å². The number of carbonyl (C=O) groups is 2. The minimum absolute atomic E-state index is 0.171. The number of nitrogens with zero attached hydrogens (tertiary/aromatic N) is 1. The molecule has 0 bridgehead atoms. The van der Waals surface area contributed by atoms with E-state index < -0.39 is 12.0 Å². The average Bonchev–Trinajstić information content (AvgIpc) is 2.63. The Hall–Kier alpha value is -1.89. The molecule has 1 rings (SSSR count).